The fraction of sp³-hybridized carbons (Fsp3) is 0.529. The molecule has 0 aliphatic rings. The monoisotopic (exact) mass is 357 g/mol. The molecule has 0 bridgehead atoms. The number of carbonyl (C=O) groups excluding carboxylic acids is 1. The smallest absolute Gasteiger partial charge is 0.310 e. The highest BCUT2D eigenvalue weighted by molar-refractivity contribution is 6.31. The Bertz CT molecular complexity index is 605. The molecule has 1 aromatic carbocycles. The zero-order chi connectivity index (χ0) is 18.3. The first-order chi connectivity index (χ1) is 11.2. The Labute approximate surface area is 147 Å². The van der Waals surface area contributed by atoms with Gasteiger partial charge in [-0.25, -0.2) is 4.39 Å². The van der Waals surface area contributed by atoms with Crippen molar-refractivity contribution in [3.8, 4) is 0 Å². The molecule has 134 valence electrons. The summed E-state index contributed by atoms with van der Waals surface area (Å²) in [5.41, 5.74) is 0.507. The lowest BCUT2D eigenvalue weighted by Gasteiger charge is -2.28. The summed E-state index contributed by atoms with van der Waals surface area (Å²) in [5.74, 6) is -0.358. The lowest BCUT2D eigenvalue weighted by molar-refractivity contribution is -0.144. The Morgan fingerprint density at radius 1 is 1.42 bits per heavy atom. The van der Waals surface area contributed by atoms with E-state index in [0.29, 0.717) is 24.1 Å². The number of halogens is 2. The normalized spacial score (nSPS) is 13.4. The standard InChI is InChI=1S/C17H25ClFN3O2/c1-11(15(23)24-5)9-21-16(20-4)22-10-17(2,3)13-7-6-12(19)8-14(13)18/h6-8,11H,9-10H2,1-5H3,(H2,20,21,22). The first-order valence-electron chi connectivity index (χ1n) is 7.69. The SMILES string of the molecule is CN=C(NCC(C)C(=O)OC)NCC(C)(C)c1ccc(F)cc1Cl. The number of nitrogens with zero attached hydrogens (tertiary/aromatic N) is 1. The highest BCUT2D eigenvalue weighted by Crippen LogP contribution is 2.29. The van der Waals surface area contributed by atoms with Gasteiger partial charge in [-0.05, 0) is 17.7 Å². The van der Waals surface area contributed by atoms with E-state index >= 15 is 0 Å². The zero-order valence-electron chi connectivity index (χ0n) is 14.7. The van der Waals surface area contributed by atoms with Gasteiger partial charge in [-0.3, -0.25) is 9.79 Å². The van der Waals surface area contributed by atoms with Crippen molar-refractivity contribution in [1.82, 2.24) is 10.6 Å². The molecule has 0 spiro atoms. The molecule has 1 rings (SSSR count). The van der Waals surface area contributed by atoms with E-state index in [1.807, 2.05) is 13.8 Å². The Kier molecular flexibility index (Phi) is 7.48. The molecule has 1 atom stereocenters. The van der Waals surface area contributed by atoms with Crippen molar-refractivity contribution in [3.05, 3.63) is 34.6 Å². The van der Waals surface area contributed by atoms with Crippen LogP contribution in [0.2, 0.25) is 5.02 Å². The first-order valence-corrected chi connectivity index (χ1v) is 8.07. The largest absolute Gasteiger partial charge is 0.469 e. The Morgan fingerprint density at radius 3 is 2.62 bits per heavy atom. The van der Waals surface area contributed by atoms with Crippen LogP contribution in [0.4, 0.5) is 4.39 Å². The lowest BCUT2D eigenvalue weighted by Crippen LogP contribution is -2.45. The molecule has 1 unspecified atom stereocenters. The molecule has 0 radical (unpaired) electrons. The molecule has 0 aromatic heterocycles. The number of aliphatic imine (C=N–C) groups is 1. The summed E-state index contributed by atoms with van der Waals surface area (Å²) in [6, 6.07) is 4.40. The minimum Gasteiger partial charge on any atom is -0.469 e. The summed E-state index contributed by atoms with van der Waals surface area (Å²) in [6.07, 6.45) is 0. The number of esters is 1. The second kappa shape index (κ2) is 8.87. The molecule has 0 aliphatic carbocycles. The molecule has 0 fully saturated rings. The van der Waals surface area contributed by atoms with E-state index in [1.54, 1.807) is 20.0 Å². The average Bonchev–Trinajstić information content (AvgIpc) is 2.53. The van der Waals surface area contributed by atoms with Gasteiger partial charge >= 0.3 is 5.97 Å². The third kappa shape index (κ3) is 5.67. The first kappa shape index (κ1) is 20.2. The number of hydrogen-bond acceptors (Lipinski definition) is 3. The highest BCUT2D eigenvalue weighted by atomic mass is 35.5. The summed E-state index contributed by atoms with van der Waals surface area (Å²) in [4.78, 5) is 15.5. The molecule has 24 heavy (non-hydrogen) atoms. The van der Waals surface area contributed by atoms with E-state index in [1.165, 1.54) is 19.2 Å². The number of benzene rings is 1. The highest BCUT2D eigenvalue weighted by Gasteiger charge is 2.24. The van der Waals surface area contributed by atoms with E-state index in [-0.39, 0.29) is 23.1 Å². The van der Waals surface area contributed by atoms with Crippen LogP contribution in [0.3, 0.4) is 0 Å². The summed E-state index contributed by atoms with van der Waals surface area (Å²) in [6.45, 7) is 6.72. The topological polar surface area (TPSA) is 62.7 Å². The maximum Gasteiger partial charge on any atom is 0.310 e. The van der Waals surface area contributed by atoms with Crippen LogP contribution in [0.25, 0.3) is 0 Å². The van der Waals surface area contributed by atoms with Gasteiger partial charge in [0.1, 0.15) is 5.82 Å². The van der Waals surface area contributed by atoms with Crippen LogP contribution < -0.4 is 10.6 Å². The van der Waals surface area contributed by atoms with Crippen LogP contribution in [0, 0.1) is 11.7 Å². The zero-order valence-corrected chi connectivity index (χ0v) is 15.5. The molecule has 5 nitrogen and oxygen atoms in total. The van der Waals surface area contributed by atoms with Crippen molar-refractivity contribution < 1.29 is 13.9 Å². The maximum atomic E-state index is 13.2. The molecule has 0 amide bonds. The Morgan fingerprint density at radius 2 is 2.08 bits per heavy atom. The summed E-state index contributed by atoms with van der Waals surface area (Å²) in [7, 11) is 3.01. The van der Waals surface area contributed by atoms with E-state index in [4.69, 9.17) is 11.6 Å². The maximum absolute atomic E-state index is 13.2. The van der Waals surface area contributed by atoms with Crippen molar-refractivity contribution in [3.63, 3.8) is 0 Å². The minimum atomic E-state index is -0.359. The molecule has 2 N–H and O–H groups in total. The second-order valence-corrected chi connectivity index (χ2v) is 6.65. The van der Waals surface area contributed by atoms with Gasteiger partial charge < -0.3 is 15.4 Å². The molecule has 0 saturated heterocycles. The van der Waals surface area contributed by atoms with Crippen molar-refractivity contribution in [2.45, 2.75) is 26.2 Å². The quantitative estimate of drug-likeness (QED) is 0.467. The molecule has 0 heterocycles. The van der Waals surface area contributed by atoms with Gasteiger partial charge in [0.2, 0.25) is 0 Å². The Balaban J connectivity index is 2.66. The van der Waals surface area contributed by atoms with Gasteiger partial charge in [0.05, 0.1) is 13.0 Å². The molecule has 0 aliphatic heterocycles. The van der Waals surface area contributed by atoms with E-state index < -0.39 is 0 Å². The van der Waals surface area contributed by atoms with E-state index in [0.717, 1.165) is 5.56 Å². The van der Waals surface area contributed by atoms with E-state index in [9.17, 15) is 9.18 Å². The van der Waals surface area contributed by atoms with Crippen LogP contribution in [-0.2, 0) is 14.9 Å². The fourth-order valence-electron chi connectivity index (χ4n) is 2.19. The molecule has 7 heteroatoms. The fourth-order valence-corrected chi connectivity index (χ4v) is 2.62. The predicted molar refractivity (Wildman–Crippen MR) is 95.0 cm³/mol. The number of methoxy groups -OCH3 is 1. The number of rotatable bonds is 6. The molecular formula is C17H25ClFN3O2. The average molecular weight is 358 g/mol. The summed E-state index contributed by atoms with van der Waals surface area (Å²) >= 11 is 6.15. The van der Waals surface area contributed by atoms with Gasteiger partial charge in [0.15, 0.2) is 5.96 Å². The van der Waals surface area contributed by atoms with Crippen LogP contribution in [-0.4, -0.2) is 39.2 Å². The number of nitrogens with one attached hydrogen (secondary N) is 2. The van der Waals surface area contributed by atoms with Crippen LogP contribution >= 0.6 is 11.6 Å². The van der Waals surface area contributed by atoms with E-state index in [2.05, 4.69) is 20.4 Å². The Hall–Kier alpha value is -1.82. The second-order valence-electron chi connectivity index (χ2n) is 6.24. The molecule has 1 aromatic rings. The third-order valence-electron chi connectivity index (χ3n) is 3.76. The van der Waals surface area contributed by atoms with Gasteiger partial charge in [-0.15, -0.1) is 0 Å². The summed E-state index contributed by atoms with van der Waals surface area (Å²) < 4.78 is 17.9. The van der Waals surface area contributed by atoms with Crippen LogP contribution in [0.15, 0.2) is 23.2 Å². The van der Waals surface area contributed by atoms with Crippen molar-refractivity contribution >= 4 is 23.5 Å². The lowest BCUT2D eigenvalue weighted by atomic mass is 9.84. The number of hydrogen-bond donors (Lipinski definition) is 2. The van der Waals surface area contributed by atoms with Gasteiger partial charge in [0, 0.05) is 30.6 Å². The van der Waals surface area contributed by atoms with Crippen molar-refractivity contribution in [2.24, 2.45) is 10.9 Å². The van der Waals surface area contributed by atoms with Crippen molar-refractivity contribution in [1.29, 1.82) is 0 Å². The van der Waals surface area contributed by atoms with Gasteiger partial charge in [-0.2, -0.15) is 0 Å². The van der Waals surface area contributed by atoms with Gasteiger partial charge in [-0.1, -0.05) is 38.4 Å². The minimum absolute atomic E-state index is 0.281. The number of guanidine groups is 1. The molecular weight excluding hydrogens is 333 g/mol. The third-order valence-corrected chi connectivity index (χ3v) is 4.07. The molecule has 0 saturated carbocycles. The predicted octanol–water partition coefficient (Wildman–Crippen LogP) is 2.73. The van der Waals surface area contributed by atoms with Crippen LogP contribution in [0.1, 0.15) is 26.3 Å². The van der Waals surface area contributed by atoms with Crippen LogP contribution in [0.5, 0.6) is 0 Å². The number of carbonyl (C=O) groups is 1. The van der Waals surface area contributed by atoms with Gasteiger partial charge in [0.25, 0.3) is 0 Å². The number of ether oxygens (including phenoxy) is 1. The summed E-state index contributed by atoms with van der Waals surface area (Å²) in [5, 5.41) is 6.67. The van der Waals surface area contributed by atoms with Crippen molar-refractivity contribution in [2.75, 3.05) is 27.2 Å².